The molecule has 0 bridgehead atoms. The fourth-order valence-corrected chi connectivity index (χ4v) is 4.61. The summed E-state index contributed by atoms with van der Waals surface area (Å²) in [5.74, 6) is -1.45. The Hall–Kier alpha value is -3.35. The number of ether oxygens (including phenoxy) is 1. The van der Waals surface area contributed by atoms with Gasteiger partial charge in [-0.05, 0) is 41.5 Å². The van der Waals surface area contributed by atoms with E-state index in [2.05, 4.69) is 17.4 Å². The average Bonchev–Trinajstić information content (AvgIpc) is 3.39. The highest BCUT2D eigenvalue weighted by Gasteiger charge is 2.37. The monoisotopic (exact) mass is 422 g/mol. The Morgan fingerprint density at radius 1 is 1.10 bits per heavy atom. The molecule has 4 rings (SSSR count). The van der Waals surface area contributed by atoms with Crippen LogP contribution in [0.4, 0.5) is 4.79 Å². The minimum atomic E-state index is -1.01. The lowest BCUT2D eigenvalue weighted by atomic mass is 9.98. The predicted octanol–water partition coefficient (Wildman–Crippen LogP) is 3.38. The summed E-state index contributed by atoms with van der Waals surface area (Å²) in [5.41, 5.74) is 4.51. The zero-order valence-corrected chi connectivity index (χ0v) is 17.4. The molecule has 162 valence electrons. The van der Waals surface area contributed by atoms with Crippen molar-refractivity contribution in [3.63, 3.8) is 0 Å². The summed E-state index contributed by atoms with van der Waals surface area (Å²) < 4.78 is 5.52. The van der Waals surface area contributed by atoms with Crippen molar-refractivity contribution in [1.29, 1.82) is 0 Å². The van der Waals surface area contributed by atoms with E-state index in [4.69, 9.17) is 4.74 Å². The first-order valence-corrected chi connectivity index (χ1v) is 10.7. The zero-order chi connectivity index (χ0) is 22.0. The van der Waals surface area contributed by atoms with Gasteiger partial charge in [0.1, 0.15) is 18.7 Å². The van der Waals surface area contributed by atoms with Crippen LogP contribution in [0.5, 0.6) is 0 Å². The third-order valence-electron chi connectivity index (χ3n) is 6.16. The van der Waals surface area contributed by atoms with Gasteiger partial charge in [0.15, 0.2) is 0 Å². The van der Waals surface area contributed by atoms with E-state index in [-0.39, 0.29) is 18.4 Å². The molecule has 0 radical (unpaired) electrons. The molecular weight excluding hydrogens is 396 g/mol. The van der Waals surface area contributed by atoms with Crippen LogP contribution in [-0.4, -0.2) is 53.2 Å². The van der Waals surface area contributed by atoms with Gasteiger partial charge in [-0.2, -0.15) is 0 Å². The van der Waals surface area contributed by atoms with E-state index >= 15 is 0 Å². The third-order valence-corrected chi connectivity index (χ3v) is 6.16. The first-order chi connectivity index (χ1) is 15.0. The maximum atomic E-state index is 12.8. The molecule has 31 heavy (non-hydrogen) atoms. The van der Waals surface area contributed by atoms with Crippen LogP contribution in [0.3, 0.4) is 0 Å². The number of carboxylic acid groups (broad SMARTS) is 1. The van der Waals surface area contributed by atoms with Crippen LogP contribution in [0.2, 0.25) is 0 Å². The molecule has 1 fully saturated rings. The van der Waals surface area contributed by atoms with Gasteiger partial charge in [-0.25, -0.2) is 9.59 Å². The molecular formula is C24H26N2O5. The molecule has 2 amide bonds. The molecule has 0 saturated carbocycles. The molecule has 1 aliphatic heterocycles. The highest BCUT2D eigenvalue weighted by molar-refractivity contribution is 5.89. The van der Waals surface area contributed by atoms with Gasteiger partial charge in [0, 0.05) is 12.5 Å². The maximum Gasteiger partial charge on any atom is 0.407 e. The van der Waals surface area contributed by atoms with Crippen LogP contribution in [0, 0.1) is 0 Å². The number of hydrogen-bond donors (Lipinski definition) is 2. The summed E-state index contributed by atoms with van der Waals surface area (Å²) in [7, 11) is 0. The molecule has 1 unspecified atom stereocenters. The molecule has 2 aromatic carbocycles. The van der Waals surface area contributed by atoms with Crippen molar-refractivity contribution in [1.82, 2.24) is 10.2 Å². The van der Waals surface area contributed by atoms with Crippen LogP contribution in [0.15, 0.2) is 48.5 Å². The minimum absolute atomic E-state index is 0.0658. The van der Waals surface area contributed by atoms with Crippen LogP contribution >= 0.6 is 0 Å². The van der Waals surface area contributed by atoms with Crippen molar-refractivity contribution >= 4 is 18.0 Å². The Labute approximate surface area is 181 Å². The fraction of sp³-hybridized carbons (Fsp3) is 0.375. The van der Waals surface area contributed by atoms with Gasteiger partial charge < -0.3 is 20.1 Å². The largest absolute Gasteiger partial charge is 0.480 e. The lowest BCUT2D eigenvalue weighted by Crippen LogP contribution is -2.51. The van der Waals surface area contributed by atoms with E-state index in [9.17, 15) is 19.5 Å². The van der Waals surface area contributed by atoms with Crippen molar-refractivity contribution in [2.75, 3.05) is 13.2 Å². The second-order valence-corrected chi connectivity index (χ2v) is 7.96. The van der Waals surface area contributed by atoms with E-state index < -0.39 is 24.1 Å². The highest BCUT2D eigenvalue weighted by atomic mass is 16.5. The molecule has 2 aliphatic rings. The van der Waals surface area contributed by atoms with E-state index in [1.54, 1.807) is 6.92 Å². The number of likely N-dealkylation sites (tertiary alicyclic amines) is 1. The van der Waals surface area contributed by atoms with Gasteiger partial charge in [0.2, 0.25) is 5.91 Å². The molecule has 2 atom stereocenters. The quantitative estimate of drug-likeness (QED) is 0.744. The number of nitrogens with one attached hydrogen (secondary N) is 1. The number of nitrogens with zero attached hydrogens (tertiary/aromatic N) is 1. The number of carbonyl (C=O) groups excluding carboxylic acids is 2. The number of carbonyl (C=O) groups is 3. The molecule has 0 aromatic heterocycles. The Morgan fingerprint density at radius 3 is 2.29 bits per heavy atom. The van der Waals surface area contributed by atoms with Gasteiger partial charge >= 0.3 is 12.1 Å². The van der Waals surface area contributed by atoms with E-state index in [0.29, 0.717) is 25.8 Å². The van der Waals surface area contributed by atoms with Crippen LogP contribution in [0.1, 0.15) is 43.2 Å². The SMILES string of the molecule is CCC(NC(=O)OCC1c2ccccc2-c2ccccc21)C(=O)N1CCC[C@@H]1C(=O)O. The summed E-state index contributed by atoms with van der Waals surface area (Å²) in [4.78, 5) is 38.1. The van der Waals surface area contributed by atoms with E-state index in [1.165, 1.54) is 4.90 Å². The number of amides is 2. The van der Waals surface area contributed by atoms with Crippen molar-refractivity contribution in [2.45, 2.75) is 44.2 Å². The van der Waals surface area contributed by atoms with Gasteiger partial charge in [0.05, 0.1) is 0 Å². The summed E-state index contributed by atoms with van der Waals surface area (Å²) in [5, 5.41) is 12.0. The number of carboxylic acids is 1. The number of aliphatic carboxylic acids is 1. The maximum absolute atomic E-state index is 12.8. The second kappa shape index (κ2) is 8.79. The normalized spacial score (nSPS) is 18.2. The smallest absolute Gasteiger partial charge is 0.407 e. The van der Waals surface area contributed by atoms with Crippen LogP contribution in [-0.2, 0) is 14.3 Å². The zero-order valence-electron chi connectivity index (χ0n) is 17.4. The summed E-state index contributed by atoms with van der Waals surface area (Å²) in [6.45, 7) is 2.32. The molecule has 1 aliphatic carbocycles. The number of rotatable bonds is 6. The fourth-order valence-electron chi connectivity index (χ4n) is 4.61. The minimum Gasteiger partial charge on any atom is -0.480 e. The van der Waals surface area contributed by atoms with Gasteiger partial charge in [-0.3, -0.25) is 4.79 Å². The third kappa shape index (κ3) is 4.00. The topological polar surface area (TPSA) is 95.9 Å². The summed E-state index contributed by atoms with van der Waals surface area (Å²) >= 11 is 0. The standard InChI is InChI=1S/C24H26N2O5/c1-2-20(22(27)26-13-7-12-21(26)23(28)29)25-24(30)31-14-19-17-10-5-3-8-15(17)16-9-4-6-11-18(16)19/h3-6,8-11,19-21H,2,7,12-14H2,1H3,(H,25,30)(H,28,29)/t20?,21-/m1/s1. The van der Waals surface area contributed by atoms with Crippen LogP contribution < -0.4 is 5.32 Å². The van der Waals surface area contributed by atoms with Crippen molar-refractivity contribution in [3.8, 4) is 11.1 Å². The Balaban J connectivity index is 1.41. The van der Waals surface area contributed by atoms with Gasteiger partial charge in [-0.15, -0.1) is 0 Å². The first kappa shape index (κ1) is 20.9. The average molecular weight is 422 g/mol. The van der Waals surface area contributed by atoms with Gasteiger partial charge in [-0.1, -0.05) is 55.5 Å². The van der Waals surface area contributed by atoms with E-state index in [1.807, 2.05) is 36.4 Å². The summed E-state index contributed by atoms with van der Waals surface area (Å²) in [6, 6.07) is 14.5. The lowest BCUT2D eigenvalue weighted by molar-refractivity contribution is -0.149. The van der Waals surface area contributed by atoms with Crippen LogP contribution in [0.25, 0.3) is 11.1 Å². The molecule has 2 N–H and O–H groups in total. The van der Waals surface area contributed by atoms with Crippen molar-refractivity contribution < 1.29 is 24.2 Å². The van der Waals surface area contributed by atoms with Gasteiger partial charge in [0.25, 0.3) is 0 Å². The molecule has 7 heteroatoms. The number of hydrogen-bond acceptors (Lipinski definition) is 4. The van der Waals surface area contributed by atoms with Crippen molar-refractivity contribution in [2.24, 2.45) is 0 Å². The second-order valence-electron chi connectivity index (χ2n) is 7.96. The molecule has 0 spiro atoms. The highest BCUT2D eigenvalue weighted by Crippen LogP contribution is 2.44. The number of benzene rings is 2. The predicted molar refractivity (Wildman–Crippen MR) is 115 cm³/mol. The molecule has 1 heterocycles. The molecule has 7 nitrogen and oxygen atoms in total. The molecule has 2 aromatic rings. The Morgan fingerprint density at radius 2 is 1.71 bits per heavy atom. The first-order valence-electron chi connectivity index (χ1n) is 10.7. The van der Waals surface area contributed by atoms with E-state index in [0.717, 1.165) is 22.3 Å². The summed E-state index contributed by atoms with van der Waals surface area (Å²) in [6.07, 6.45) is 0.756. The lowest BCUT2D eigenvalue weighted by Gasteiger charge is -2.26. The number of fused-ring (bicyclic) bond motifs is 3. The Kier molecular flexibility index (Phi) is 5.93. The molecule has 1 saturated heterocycles. The number of alkyl carbamates (subject to hydrolysis) is 1. The Bertz CT molecular complexity index is 959. The van der Waals surface area contributed by atoms with Crippen molar-refractivity contribution in [3.05, 3.63) is 59.7 Å².